The normalized spacial score (nSPS) is 10.3. The third kappa shape index (κ3) is 4.12. The topological polar surface area (TPSA) is 72.9 Å². The zero-order chi connectivity index (χ0) is 11.1. The first-order valence-electron chi connectivity index (χ1n) is 5.21. The summed E-state index contributed by atoms with van der Waals surface area (Å²) in [5.41, 5.74) is 2.12. The van der Waals surface area contributed by atoms with E-state index < -0.39 is 0 Å². The third-order valence-corrected chi connectivity index (χ3v) is 2.39. The first kappa shape index (κ1) is 11.7. The lowest BCUT2D eigenvalue weighted by Gasteiger charge is -2.04. The van der Waals surface area contributed by atoms with Crippen LogP contribution in [0.5, 0.6) is 0 Å². The largest absolute Gasteiger partial charge is 0.335 e. The first-order chi connectivity index (χ1) is 7.24. The zero-order valence-corrected chi connectivity index (χ0v) is 9.07. The van der Waals surface area contributed by atoms with E-state index in [0.29, 0.717) is 6.42 Å². The van der Waals surface area contributed by atoms with Gasteiger partial charge in [-0.2, -0.15) is 0 Å². The van der Waals surface area contributed by atoms with Gasteiger partial charge in [0.2, 0.25) is 5.91 Å². The van der Waals surface area contributed by atoms with Gasteiger partial charge in [0.05, 0.1) is 0 Å². The summed E-state index contributed by atoms with van der Waals surface area (Å²) in [5, 5.41) is 0. The summed E-state index contributed by atoms with van der Waals surface area (Å²) >= 11 is 0. The molecule has 15 heavy (non-hydrogen) atoms. The maximum atomic E-state index is 10.8. The monoisotopic (exact) mass is 210 g/mol. The van der Waals surface area contributed by atoms with E-state index in [4.69, 9.17) is 5.84 Å². The molecular weight excluding hydrogens is 192 g/mol. The van der Waals surface area contributed by atoms with Crippen molar-refractivity contribution in [2.45, 2.75) is 39.2 Å². The van der Waals surface area contributed by atoms with E-state index in [1.54, 1.807) is 6.20 Å². The summed E-state index contributed by atoms with van der Waals surface area (Å²) in [4.78, 5) is 14.9. The van der Waals surface area contributed by atoms with Gasteiger partial charge in [-0.1, -0.05) is 6.42 Å². The molecule has 0 spiro atoms. The average molecular weight is 210 g/mol. The highest BCUT2D eigenvalue weighted by atomic mass is 16.2. The van der Waals surface area contributed by atoms with Crippen LogP contribution in [-0.2, 0) is 11.3 Å². The Balaban J connectivity index is 2.07. The molecule has 1 rings (SSSR count). The lowest BCUT2D eigenvalue weighted by molar-refractivity contribution is -0.121. The van der Waals surface area contributed by atoms with Gasteiger partial charge in [-0.05, 0) is 19.8 Å². The highest BCUT2D eigenvalue weighted by Crippen LogP contribution is 2.03. The fourth-order valence-electron chi connectivity index (χ4n) is 1.46. The molecule has 0 saturated carbocycles. The number of hydrazine groups is 1. The Kier molecular flexibility index (Phi) is 4.83. The number of nitrogens with zero attached hydrogens (tertiary/aromatic N) is 2. The maximum Gasteiger partial charge on any atom is 0.233 e. The molecule has 1 amide bonds. The molecule has 0 atom stereocenters. The van der Waals surface area contributed by atoms with Crippen LogP contribution in [0.15, 0.2) is 12.4 Å². The number of amides is 1. The van der Waals surface area contributed by atoms with Gasteiger partial charge >= 0.3 is 0 Å². The first-order valence-corrected chi connectivity index (χ1v) is 5.21. The zero-order valence-electron chi connectivity index (χ0n) is 9.07. The number of rotatable bonds is 6. The average Bonchev–Trinajstić information content (AvgIpc) is 2.63. The number of nitrogens with one attached hydrogen (secondary N) is 1. The fraction of sp³-hybridized carbons (Fsp3) is 0.600. The molecule has 84 valence electrons. The van der Waals surface area contributed by atoms with E-state index in [2.05, 4.69) is 15.0 Å². The van der Waals surface area contributed by atoms with Gasteiger partial charge in [0.25, 0.3) is 0 Å². The van der Waals surface area contributed by atoms with Gasteiger partial charge in [0, 0.05) is 25.4 Å². The number of hydrogen-bond donors (Lipinski definition) is 2. The highest BCUT2D eigenvalue weighted by molar-refractivity contribution is 5.74. The highest BCUT2D eigenvalue weighted by Gasteiger charge is 1.99. The van der Waals surface area contributed by atoms with E-state index in [9.17, 15) is 4.79 Å². The van der Waals surface area contributed by atoms with Crippen LogP contribution in [0.1, 0.15) is 31.5 Å². The van der Waals surface area contributed by atoms with E-state index in [-0.39, 0.29) is 5.91 Å². The quantitative estimate of drug-likeness (QED) is 0.315. The van der Waals surface area contributed by atoms with Crippen LogP contribution in [0.4, 0.5) is 0 Å². The van der Waals surface area contributed by atoms with Crippen molar-refractivity contribution in [3.63, 3.8) is 0 Å². The molecule has 0 aromatic carbocycles. The fourth-order valence-corrected chi connectivity index (χ4v) is 1.46. The Hall–Kier alpha value is -1.36. The van der Waals surface area contributed by atoms with Gasteiger partial charge in [-0.15, -0.1) is 0 Å². The van der Waals surface area contributed by atoms with Crippen LogP contribution >= 0.6 is 0 Å². The van der Waals surface area contributed by atoms with E-state index in [0.717, 1.165) is 31.6 Å². The third-order valence-electron chi connectivity index (χ3n) is 2.39. The second-order valence-corrected chi connectivity index (χ2v) is 3.55. The molecule has 0 aliphatic heterocycles. The lowest BCUT2D eigenvalue weighted by Crippen LogP contribution is -2.29. The number of unbranched alkanes of at least 4 members (excludes halogenated alkanes) is 2. The Morgan fingerprint density at radius 3 is 2.93 bits per heavy atom. The van der Waals surface area contributed by atoms with Crippen LogP contribution < -0.4 is 11.3 Å². The van der Waals surface area contributed by atoms with Crippen LogP contribution in [0, 0.1) is 6.92 Å². The minimum atomic E-state index is -0.0891. The van der Waals surface area contributed by atoms with Gasteiger partial charge in [0.1, 0.15) is 5.82 Å². The molecule has 1 aromatic rings. The van der Waals surface area contributed by atoms with Crippen molar-refractivity contribution < 1.29 is 4.79 Å². The minimum absolute atomic E-state index is 0.0891. The molecule has 0 fully saturated rings. The van der Waals surface area contributed by atoms with Crippen LogP contribution in [0.3, 0.4) is 0 Å². The van der Waals surface area contributed by atoms with Crippen molar-refractivity contribution in [2.24, 2.45) is 5.84 Å². The van der Waals surface area contributed by atoms with E-state index in [1.165, 1.54) is 0 Å². The molecule has 0 bridgehead atoms. The summed E-state index contributed by atoms with van der Waals surface area (Å²) in [6.07, 6.45) is 7.27. The minimum Gasteiger partial charge on any atom is -0.335 e. The number of aryl methyl sites for hydroxylation is 2. The molecule has 0 aliphatic rings. The van der Waals surface area contributed by atoms with Crippen molar-refractivity contribution in [2.75, 3.05) is 0 Å². The van der Waals surface area contributed by atoms with E-state index in [1.807, 2.05) is 13.1 Å². The van der Waals surface area contributed by atoms with Crippen molar-refractivity contribution in [1.29, 1.82) is 0 Å². The summed E-state index contributed by atoms with van der Waals surface area (Å²) < 4.78 is 2.11. The summed E-state index contributed by atoms with van der Waals surface area (Å²) in [5.74, 6) is 5.92. The molecule has 0 radical (unpaired) electrons. The maximum absolute atomic E-state index is 10.8. The molecular formula is C10H18N4O. The SMILES string of the molecule is Cc1nccn1CCCCCC(=O)NN. The van der Waals surface area contributed by atoms with Crippen LogP contribution in [0.25, 0.3) is 0 Å². The number of aromatic nitrogens is 2. The number of hydrogen-bond acceptors (Lipinski definition) is 3. The van der Waals surface area contributed by atoms with E-state index >= 15 is 0 Å². The Morgan fingerprint density at radius 1 is 1.53 bits per heavy atom. The predicted molar refractivity (Wildman–Crippen MR) is 57.8 cm³/mol. The predicted octanol–water partition coefficient (Wildman–Crippen LogP) is 0.742. The van der Waals surface area contributed by atoms with Crippen molar-refractivity contribution >= 4 is 5.91 Å². The summed E-state index contributed by atoms with van der Waals surface area (Å²) in [6.45, 7) is 2.96. The summed E-state index contributed by atoms with van der Waals surface area (Å²) in [7, 11) is 0. The summed E-state index contributed by atoms with van der Waals surface area (Å²) in [6, 6.07) is 0. The Morgan fingerprint density at radius 2 is 2.33 bits per heavy atom. The Bertz CT molecular complexity index is 308. The Labute approximate surface area is 89.6 Å². The number of nitrogens with two attached hydrogens (primary N) is 1. The second-order valence-electron chi connectivity index (χ2n) is 3.55. The lowest BCUT2D eigenvalue weighted by atomic mass is 10.2. The number of carbonyl (C=O) groups is 1. The molecule has 0 saturated heterocycles. The second kappa shape index (κ2) is 6.19. The number of imidazole rings is 1. The molecule has 1 heterocycles. The van der Waals surface area contributed by atoms with Gasteiger partial charge in [0.15, 0.2) is 0 Å². The van der Waals surface area contributed by atoms with Gasteiger partial charge < -0.3 is 4.57 Å². The molecule has 3 N–H and O–H groups in total. The molecule has 1 aromatic heterocycles. The smallest absolute Gasteiger partial charge is 0.233 e. The van der Waals surface area contributed by atoms with Crippen LogP contribution in [0.2, 0.25) is 0 Å². The van der Waals surface area contributed by atoms with Crippen molar-refractivity contribution in [1.82, 2.24) is 15.0 Å². The van der Waals surface area contributed by atoms with Crippen molar-refractivity contribution in [3.05, 3.63) is 18.2 Å². The van der Waals surface area contributed by atoms with Crippen molar-refractivity contribution in [3.8, 4) is 0 Å². The molecule has 0 unspecified atom stereocenters. The number of carbonyl (C=O) groups excluding carboxylic acids is 1. The molecule has 0 aliphatic carbocycles. The standard InChI is InChI=1S/C10H18N4O/c1-9-12-6-8-14(9)7-4-2-3-5-10(15)13-11/h6,8H,2-5,7,11H2,1H3,(H,13,15). The molecule has 5 nitrogen and oxygen atoms in total. The molecule has 5 heteroatoms. The van der Waals surface area contributed by atoms with Crippen LogP contribution in [-0.4, -0.2) is 15.5 Å². The van der Waals surface area contributed by atoms with Gasteiger partial charge in [-0.25, -0.2) is 10.8 Å². The van der Waals surface area contributed by atoms with Gasteiger partial charge in [-0.3, -0.25) is 10.2 Å².